The topological polar surface area (TPSA) is 296 Å². The Kier molecular flexibility index (Phi) is 17.7. The van der Waals surface area contributed by atoms with Crippen LogP contribution in [0.5, 0.6) is 0 Å². The van der Waals surface area contributed by atoms with E-state index in [1.807, 2.05) is 0 Å². The Bertz CT molecular complexity index is 693. The van der Waals surface area contributed by atoms with Gasteiger partial charge in [-0.3, -0.25) is 15.0 Å². The molecule has 1 atom stereocenters. The van der Waals surface area contributed by atoms with Crippen LogP contribution in [0.15, 0.2) is 0 Å². The zero-order valence-electron chi connectivity index (χ0n) is 19.0. The Morgan fingerprint density at radius 2 is 1.25 bits per heavy atom. The van der Waals surface area contributed by atoms with Crippen molar-refractivity contribution in [3.8, 4) is 0 Å². The minimum Gasteiger partial charge on any atom is -0.372 e. The van der Waals surface area contributed by atoms with Crippen LogP contribution in [0.25, 0.3) is 0 Å². The fraction of sp³-hybridized carbons (Fsp3) is 0.800. The summed E-state index contributed by atoms with van der Waals surface area (Å²) >= 11 is 4.04. The van der Waals surface area contributed by atoms with E-state index in [1.54, 1.807) is 0 Å². The van der Waals surface area contributed by atoms with E-state index in [-0.39, 0.29) is 31.6 Å². The minimum absolute atomic E-state index is 0.0202. The van der Waals surface area contributed by atoms with Crippen molar-refractivity contribution in [1.29, 1.82) is 5.41 Å². The summed E-state index contributed by atoms with van der Waals surface area (Å²) in [6.45, 7) is -0.731. The highest BCUT2D eigenvalue weighted by molar-refractivity contribution is 7.80. The summed E-state index contributed by atoms with van der Waals surface area (Å²) in [5, 5.41) is 29.9. The second-order valence-corrected chi connectivity index (χ2v) is 13.8. The minimum atomic E-state index is -3.15. The van der Waals surface area contributed by atoms with Gasteiger partial charge >= 0.3 is 0 Å². The maximum Gasteiger partial charge on any atom is 0.242 e. The molecule has 0 aliphatic rings. The molecule has 1 unspecified atom stereocenters. The van der Waals surface area contributed by atoms with Crippen LogP contribution >= 0.6 is 46.1 Å². The SMILES string of the molecule is N=C(CCCS)NC(CCC(=O)NCCC(O)(P(O)O)P(O)O)C(=O)NCCC(O)(P(O)O)P(O)O. The average molecular weight is 618 g/mol. The lowest BCUT2D eigenvalue weighted by molar-refractivity contribution is -0.124. The summed E-state index contributed by atoms with van der Waals surface area (Å²) < 4.78 is 0. The molecule has 0 aromatic carbocycles. The first-order valence-electron chi connectivity index (χ1n) is 10.3. The van der Waals surface area contributed by atoms with E-state index in [9.17, 15) is 58.9 Å². The molecule has 0 rings (SSSR count). The Morgan fingerprint density at radius 1 is 0.806 bits per heavy atom. The van der Waals surface area contributed by atoms with Crippen LogP contribution < -0.4 is 16.0 Å². The van der Waals surface area contributed by atoms with Crippen LogP contribution in [-0.2, 0) is 9.59 Å². The van der Waals surface area contributed by atoms with Gasteiger partial charge in [0.2, 0.25) is 55.5 Å². The number of thiol groups is 1. The van der Waals surface area contributed by atoms with Crippen molar-refractivity contribution in [2.24, 2.45) is 0 Å². The van der Waals surface area contributed by atoms with Crippen molar-refractivity contribution in [1.82, 2.24) is 16.0 Å². The molecule has 14 N–H and O–H groups in total. The Balaban J connectivity index is 5.01. The van der Waals surface area contributed by atoms with E-state index in [0.717, 1.165) is 0 Å². The van der Waals surface area contributed by atoms with Crippen molar-refractivity contribution in [3.63, 3.8) is 0 Å². The zero-order chi connectivity index (χ0) is 28.1. The molecule has 0 aromatic heterocycles. The van der Waals surface area contributed by atoms with Crippen LogP contribution in [-0.4, -0.2) is 102 Å². The fourth-order valence-corrected chi connectivity index (χ4v) is 5.26. The molecule has 0 fully saturated rings. The van der Waals surface area contributed by atoms with E-state index in [1.165, 1.54) is 0 Å². The summed E-state index contributed by atoms with van der Waals surface area (Å²) in [5.74, 6) is -0.898. The summed E-state index contributed by atoms with van der Waals surface area (Å²) in [5.41, 5.74) is 0. The van der Waals surface area contributed by atoms with Gasteiger partial charge in [-0.15, -0.1) is 0 Å². The number of hydrogen-bond donors (Lipinski definition) is 15. The van der Waals surface area contributed by atoms with E-state index < -0.39 is 80.9 Å². The maximum atomic E-state index is 12.6. The molecular weight excluding hydrogens is 584 g/mol. The number of hydrogen-bond acceptors (Lipinski definition) is 14. The third-order valence-corrected chi connectivity index (χ3v) is 10.7. The second kappa shape index (κ2) is 17.6. The molecule has 16 nitrogen and oxygen atoms in total. The van der Waals surface area contributed by atoms with Crippen LogP contribution in [0.2, 0.25) is 0 Å². The second-order valence-electron chi connectivity index (χ2n) is 7.39. The van der Waals surface area contributed by atoms with Gasteiger partial charge in [0.05, 0.1) is 5.84 Å². The van der Waals surface area contributed by atoms with Crippen molar-refractivity contribution in [2.75, 3.05) is 18.8 Å². The monoisotopic (exact) mass is 618 g/mol. The third kappa shape index (κ3) is 12.3. The predicted octanol–water partition coefficient (Wildman–Crippen LogP) is -2.10. The third-order valence-electron chi connectivity index (χ3n) is 4.73. The molecule has 0 spiro atoms. The maximum absolute atomic E-state index is 12.6. The van der Waals surface area contributed by atoms with Crippen molar-refractivity contribution in [3.05, 3.63) is 0 Å². The van der Waals surface area contributed by atoms with Crippen LogP contribution in [0.3, 0.4) is 0 Å². The van der Waals surface area contributed by atoms with Gasteiger partial charge in [-0.05, 0) is 18.6 Å². The summed E-state index contributed by atoms with van der Waals surface area (Å²) in [7, 11) is -12.5. The highest BCUT2D eigenvalue weighted by Gasteiger charge is 2.44. The molecule has 0 saturated carbocycles. The highest BCUT2D eigenvalue weighted by atomic mass is 32.1. The molecule has 0 bridgehead atoms. The van der Waals surface area contributed by atoms with Crippen LogP contribution in [0.1, 0.15) is 38.5 Å². The lowest BCUT2D eigenvalue weighted by Gasteiger charge is -2.29. The molecule has 0 saturated heterocycles. The molecular formula is C15H34N4O12P4S. The first-order valence-corrected chi connectivity index (χ1v) is 15.9. The Hall–Kier alpha value is 0.0800. The first-order chi connectivity index (χ1) is 16.6. The number of amides is 2. The van der Waals surface area contributed by atoms with Gasteiger partial charge in [-0.25, -0.2) is 0 Å². The smallest absolute Gasteiger partial charge is 0.242 e. The van der Waals surface area contributed by atoms with Gasteiger partial charge in [0.25, 0.3) is 0 Å². The first kappa shape index (κ1) is 36.1. The van der Waals surface area contributed by atoms with E-state index in [2.05, 4.69) is 28.6 Å². The highest BCUT2D eigenvalue weighted by Crippen LogP contribution is 2.60. The molecule has 0 aromatic rings. The van der Waals surface area contributed by atoms with Gasteiger partial charge in [0.1, 0.15) is 6.04 Å². The standard InChI is InChI=1S/C15H34N4O12P4S/c16-11(2-1-9-36)19-10(13(21)18-8-6-15(23,34(28)29)35(30)31)3-4-12(20)17-7-5-14(22,32(24)25)33(26)27/h10,22-31,36H,1-9H2,(H2,16,19)(H,17,20)(H,18,21). The lowest BCUT2D eigenvalue weighted by Crippen LogP contribution is -2.48. The number of amidine groups is 1. The number of rotatable bonds is 18. The van der Waals surface area contributed by atoms with Crippen molar-refractivity contribution in [2.45, 2.75) is 54.7 Å². The largest absolute Gasteiger partial charge is 0.372 e. The van der Waals surface area contributed by atoms with Gasteiger partial charge < -0.3 is 65.3 Å². The molecule has 212 valence electrons. The van der Waals surface area contributed by atoms with Gasteiger partial charge in [-0.1, -0.05) is 0 Å². The summed E-state index contributed by atoms with van der Waals surface area (Å²) in [6.07, 6.45) is -0.791. The van der Waals surface area contributed by atoms with Crippen LogP contribution in [0.4, 0.5) is 0 Å². The Labute approximate surface area is 217 Å². The van der Waals surface area contributed by atoms with E-state index >= 15 is 0 Å². The van der Waals surface area contributed by atoms with Crippen molar-refractivity contribution < 1.29 is 58.9 Å². The molecule has 0 aliphatic heterocycles. The van der Waals surface area contributed by atoms with Gasteiger partial charge in [0, 0.05) is 38.8 Å². The van der Waals surface area contributed by atoms with Gasteiger partial charge in [-0.2, -0.15) is 12.6 Å². The number of carbonyl (C=O) groups is 2. The van der Waals surface area contributed by atoms with E-state index in [4.69, 9.17) is 5.41 Å². The molecule has 0 aliphatic carbocycles. The normalized spacial score (nSPS) is 13.4. The summed E-state index contributed by atoms with van der Waals surface area (Å²) in [4.78, 5) is 98.4. The molecule has 21 heteroatoms. The molecule has 0 heterocycles. The average Bonchev–Trinajstić information content (AvgIpc) is 2.79. The predicted molar refractivity (Wildman–Crippen MR) is 138 cm³/mol. The number of carbonyl (C=O) groups excluding carboxylic acids is 2. The zero-order valence-corrected chi connectivity index (χ0v) is 23.4. The quantitative estimate of drug-likeness (QED) is 0.0339. The fourth-order valence-electron chi connectivity index (χ4n) is 2.58. The van der Waals surface area contributed by atoms with Crippen molar-refractivity contribution >= 4 is 63.8 Å². The number of nitrogens with one attached hydrogen (secondary N) is 4. The van der Waals surface area contributed by atoms with E-state index in [0.29, 0.717) is 12.2 Å². The summed E-state index contributed by atoms with van der Waals surface area (Å²) in [6, 6.07) is -1.12. The van der Waals surface area contributed by atoms with Gasteiger partial charge in [0.15, 0.2) is 0 Å². The Morgan fingerprint density at radius 3 is 1.67 bits per heavy atom. The van der Waals surface area contributed by atoms with Crippen LogP contribution in [0, 0.1) is 5.41 Å². The lowest BCUT2D eigenvalue weighted by atomic mass is 10.1. The molecule has 36 heavy (non-hydrogen) atoms. The molecule has 2 amide bonds. The number of aliphatic hydroxyl groups is 2. The molecule has 0 radical (unpaired) electrons.